The molecular weight excluding hydrogens is 264 g/mol. The lowest BCUT2D eigenvalue weighted by molar-refractivity contribution is -0.0512. The van der Waals surface area contributed by atoms with Crippen LogP contribution in [0.3, 0.4) is 0 Å². The van der Waals surface area contributed by atoms with Gasteiger partial charge in [0.25, 0.3) is 0 Å². The van der Waals surface area contributed by atoms with Crippen molar-refractivity contribution in [3.63, 3.8) is 0 Å². The summed E-state index contributed by atoms with van der Waals surface area (Å²) < 4.78 is 0. The molecule has 2 atom stereocenters. The number of rotatable bonds is 4. The molecule has 0 bridgehead atoms. The Morgan fingerprint density at radius 3 is 1.29 bits per heavy atom. The summed E-state index contributed by atoms with van der Waals surface area (Å²) in [6, 6.07) is 14.1. The van der Waals surface area contributed by atoms with Crippen LogP contribution in [0.15, 0.2) is 48.5 Å². The van der Waals surface area contributed by atoms with Crippen LogP contribution in [0.1, 0.15) is 37.2 Å². The Morgan fingerprint density at radius 2 is 1.00 bits per heavy atom. The maximum absolute atomic E-state index is 10.6. The highest BCUT2D eigenvalue weighted by Crippen LogP contribution is 2.43. The molecule has 0 aliphatic rings. The zero-order valence-corrected chi connectivity index (χ0v) is 12.3. The SMILES string of the molecule is CC(C)(C(O)c1ccc(N)cc1)C(O)c1ccc(N)cc1. The Hall–Kier alpha value is -2.04. The van der Waals surface area contributed by atoms with E-state index in [-0.39, 0.29) is 0 Å². The van der Waals surface area contributed by atoms with Gasteiger partial charge in [0.05, 0.1) is 12.2 Å². The summed E-state index contributed by atoms with van der Waals surface area (Å²) in [6.45, 7) is 3.66. The highest BCUT2D eigenvalue weighted by molar-refractivity contribution is 5.41. The van der Waals surface area contributed by atoms with Crippen molar-refractivity contribution in [2.45, 2.75) is 26.1 Å². The van der Waals surface area contributed by atoms with Gasteiger partial charge in [0.1, 0.15) is 0 Å². The maximum Gasteiger partial charge on any atom is 0.0869 e. The van der Waals surface area contributed by atoms with E-state index in [0.29, 0.717) is 11.4 Å². The normalized spacial score (nSPS) is 14.7. The largest absolute Gasteiger partial charge is 0.399 e. The molecule has 2 unspecified atom stereocenters. The van der Waals surface area contributed by atoms with Crippen LogP contribution in [0.2, 0.25) is 0 Å². The molecule has 0 amide bonds. The van der Waals surface area contributed by atoms with Crippen molar-refractivity contribution >= 4 is 11.4 Å². The predicted molar refractivity (Wildman–Crippen MR) is 85.4 cm³/mol. The third-order valence-electron chi connectivity index (χ3n) is 3.91. The third kappa shape index (κ3) is 3.17. The van der Waals surface area contributed by atoms with Crippen molar-refractivity contribution in [2.24, 2.45) is 5.41 Å². The molecule has 2 aromatic carbocycles. The van der Waals surface area contributed by atoms with Crippen molar-refractivity contribution in [1.82, 2.24) is 0 Å². The molecular formula is C17H22N2O2. The minimum absolute atomic E-state index is 0.642. The van der Waals surface area contributed by atoms with Crippen molar-refractivity contribution in [1.29, 1.82) is 0 Å². The lowest BCUT2D eigenvalue weighted by atomic mass is 9.75. The number of anilines is 2. The molecule has 21 heavy (non-hydrogen) atoms. The van der Waals surface area contributed by atoms with Gasteiger partial charge in [0.15, 0.2) is 0 Å². The average molecular weight is 286 g/mol. The van der Waals surface area contributed by atoms with Crippen molar-refractivity contribution < 1.29 is 10.2 Å². The molecule has 0 aliphatic carbocycles. The van der Waals surface area contributed by atoms with E-state index in [1.54, 1.807) is 48.5 Å². The molecule has 2 rings (SSSR count). The van der Waals surface area contributed by atoms with Crippen LogP contribution in [-0.4, -0.2) is 10.2 Å². The van der Waals surface area contributed by atoms with E-state index in [1.807, 2.05) is 13.8 Å². The molecule has 0 aliphatic heterocycles. The van der Waals surface area contributed by atoms with Gasteiger partial charge in [0, 0.05) is 16.8 Å². The van der Waals surface area contributed by atoms with Gasteiger partial charge >= 0.3 is 0 Å². The third-order valence-corrected chi connectivity index (χ3v) is 3.91. The van der Waals surface area contributed by atoms with E-state index in [4.69, 9.17) is 11.5 Å². The molecule has 0 spiro atoms. The molecule has 6 N–H and O–H groups in total. The molecule has 0 radical (unpaired) electrons. The fourth-order valence-electron chi connectivity index (χ4n) is 2.37. The van der Waals surface area contributed by atoms with Gasteiger partial charge in [0.2, 0.25) is 0 Å². The molecule has 2 aromatic rings. The Morgan fingerprint density at radius 1 is 0.714 bits per heavy atom. The lowest BCUT2D eigenvalue weighted by Crippen LogP contribution is -2.29. The van der Waals surface area contributed by atoms with Gasteiger partial charge in [-0.1, -0.05) is 38.1 Å². The second-order valence-electron chi connectivity index (χ2n) is 5.96. The van der Waals surface area contributed by atoms with Crippen LogP contribution in [0.5, 0.6) is 0 Å². The Kier molecular flexibility index (Phi) is 4.21. The summed E-state index contributed by atoms with van der Waals surface area (Å²) >= 11 is 0. The van der Waals surface area contributed by atoms with Gasteiger partial charge in [-0.25, -0.2) is 0 Å². The minimum atomic E-state index is -0.814. The second kappa shape index (κ2) is 5.76. The number of aliphatic hydroxyl groups is 2. The first kappa shape index (κ1) is 15.4. The zero-order valence-electron chi connectivity index (χ0n) is 12.3. The monoisotopic (exact) mass is 286 g/mol. The van der Waals surface area contributed by atoms with E-state index in [9.17, 15) is 10.2 Å². The number of nitrogen functional groups attached to an aromatic ring is 2. The predicted octanol–water partition coefficient (Wildman–Crippen LogP) is 2.64. The van der Waals surface area contributed by atoms with E-state index >= 15 is 0 Å². The van der Waals surface area contributed by atoms with Crippen LogP contribution >= 0.6 is 0 Å². The fourth-order valence-corrected chi connectivity index (χ4v) is 2.37. The summed E-state index contributed by atoms with van der Waals surface area (Å²) in [7, 11) is 0. The Bertz CT molecular complexity index is 538. The summed E-state index contributed by atoms with van der Waals surface area (Å²) in [5, 5.41) is 21.2. The molecule has 0 aromatic heterocycles. The van der Waals surface area contributed by atoms with Gasteiger partial charge < -0.3 is 21.7 Å². The van der Waals surface area contributed by atoms with E-state index < -0.39 is 17.6 Å². The van der Waals surface area contributed by atoms with Gasteiger partial charge in [-0.2, -0.15) is 0 Å². The molecule has 0 saturated heterocycles. The van der Waals surface area contributed by atoms with Gasteiger partial charge in [-0.3, -0.25) is 0 Å². The zero-order chi connectivity index (χ0) is 15.6. The minimum Gasteiger partial charge on any atom is -0.399 e. The van der Waals surface area contributed by atoms with E-state index in [1.165, 1.54) is 0 Å². The quantitative estimate of drug-likeness (QED) is 0.650. The second-order valence-corrected chi connectivity index (χ2v) is 5.96. The van der Waals surface area contributed by atoms with Crippen LogP contribution in [-0.2, 0) is 0 Å². The van der Waals surface area contributed by atoms with E-state index in [2.05, 4.69) is 0 Å². The van der Waals surface area contributed by atoms with Gasteiger partial charge in [-0.05, 0) is 35.4 Å². The number of benzene rings is 2. The Labute approximate surface area is 125 Å². The topological polar surface area (TPSA) is 92.5 Å². The summed E-state index contributed by atoms with van der Waals surface area (Å²) in [4.78, 5) is 0. The molecule has 4 heteroatoms. The summed E-state index contributed by atoms with van der Waals surface area (Å²) in [5.74, 6) is 0. The molecule has 4 nitrogen and oxygen atoms in total. The number of nitrogens with two attached hydrogens (primary N) is 2. The van der Waals surface area contributed by atoms with Crippen molar-refractivity contribution in [3.05, 3.63) is 59.7 Å². The van der Waals surface area contributed by atoms with E-state index in [0.717, 1.165) is 11.1 Å². The van der Waals surface area contributed by atoms with Crippen LogP contribution in [0.25, 0.3) is 0 Å². The standard InChI is InChI=1S/C17H22N2O2/c1-17(2,15(20)11-3-7-13(18)8-4-11)16(21)12-5-9-14(19)10-6-12/h3-10,15-16,20-21H,18-19H2,1-2H3. The number of hydrogen-bond donors (Lipinski definition) is 4. The first-order chi connectivity index (χ1) is 9.82. The highest BCUT2D eigenvalue weighted by atomic mass is 16.3. The number of aliphatic hydroxyl groups excluding tert-OH is 2. The first-order valence-corrected chi connectivity index (χ1v) is 6.89. The van der Waals surface area contributed by atoms with Crippen molar-refractivity contribution in [2.75, 3.05) is 11.5 Å². The fraction of sp³-hybridized carbons (Fsp3) is 0.294. The average Bonchev–Trinajstić information content (AvgIpc) is 2.47. The Balaban J connectivity index is 2.27. The summed E-state index contributed by atoms with van der Waals surface area (Å²) in [5.41, 5.74) is 13.3. The molecule has 112 valence electrons. The van der Waals surface area contributed by atoms with Crippen LogP contribution in [0.4, 0.5) is 11.4 Å². The first-order valence-electron chi connectivity index (χ1n) is 6.89. The summed E-state index contributed by atoms with van der Waals surface area (Å²) in [6.07, 6.45) is -1.63. The van der Waals surface area contributed by atoms with Crippen molar-refractivity contribution in [3.8, 4) is 0 Å². The van der Waals surface area contributed by atoms with Crippen LogP contribution < -0.4 is 11.5 Å². The highest BCUT2D eigenvalue weighted by Gasteiger charge is 2.37. The maximum atomic E-state index is 10.6. The van der Waals surface area contributed by atoms with Gasteiger partial charge in [-0.15, -0.1) is 0 Å². The van der Waals surface area contributed by atoms with Crippen LogP contribution in [0, 0.1) is 5.41 Å². The lowest BCUT2D eigenvalue weighted by Gasteiger charge is -2.35. The molecule has 0 fully saturated rings. The molecule has 0 saturated carbocycles. The number of hydrogen-bond acceptors (Lipinski definition) is 4. The smallest absolute Gasteiger partial charge is 0.0869 e. The molecule has 0 heterocycles.